The van der Waals surface area contributed by atoms with E-state index < -0.39 is 11.4 Å². The molecule has 0 radical (unpaired) electrons. The van der Waals surface area contributed by atoms with Gasteiger partial charge in [-0.2, -0.15) is 0 Å². The van der Waals surface area contributed by atoms with Gasteiger partial charge in [0.05, 0.1) is 17.5 Å². The van der Waals surface area contributed by atoms with E-state index in [2.05, 4.69) is 0 Å². The van der Waals surface area contributed by atoms with Crippen LogP contribution < -0.4 is 4.74 Å². The molecular formula is C12H13ClO3. The number of hydrogen-bond donors (Lipinski definition) is 1. The van der Waals surface area contributed by atoms with Crippen molar-refractivity contribution in [2.45, 2.75) is 25.2 Å². The molecule has 0 atom stereocenters. The van der Waals surface area contributed by atoms with Gasteiger partial charge in [-0.1, -0.05) is 11.6 Å². The van der Waals surface area contributed by atoms with Crippen molar-refractivity contribution in [2.24, 2.45) is 0 Å². The first-order valence-corrected chi connectivity index (χ1v) is 5.47. The summed E-state index contributed by atoms with van der Waals surface area (Å²) in [4.78, 5) is 11.2. The molecule has 3 nitrogen and oxygen atoms in total. The number of carboxylic acid groups (broad SMARTS) is 1. The summed E-state index contributed by atoms with van der Waals surface area (Å²) < 4.78 is 5.09. The van der Waals surface area contributed by atoms with Crippen LogP contribution in [0.25, 0.3) is 0 Å². The molecule has 1 fully saturated rings. The molecule has 0 aliphatic heterocycles. The third-order valence-corrected chi connectivity index (χ3v) is 3.47. The van der Waals surface area contributed by atoms with E-state index in [9.17, 15) is 9.90 Å². The standard InChI is InChI=1S/C12H13ClO3/c1-7-5-10(16-2)9(13)6-8(7)12(3-4-12)11(14)15/h5-6H,3-4H2,1-2H3,(H,14,15). The molecule has 0 heterocycles. The Bertz CT molecular complexity index is 450. The maximum absolute atomic E-state index is 11.2. The van der Waals surface area contributed by atoms with Gasteiger partial charge in [-0.15, -0.1) is 0 Å². The number of hydrogen-bond acceptors (Lipinski definition) is 2. The van der Waals surface area contributed by atoms with Crippen LogP contribution in [-0.4, -0.2) is 18.2 Å². The van der Waals surface area contributed by atoms with E-state index >= 15 is 0 Å². The summed E-state index contributed by atoms with van der Waals surface area (Å²) in [5.41, 5.74) is 1.02. The Labute approximate surface area is 99.0 Å². The highest BCUT2D eigenvalue weighted by Crippen LogP contribution is 2.50. The molecule has 1 saturated carbocycles. The maximum Gasteiger partial charge on any atom is 0.314 e. The molecular weight excluding hydrogens is 228 g/mol. The molecule has 1 aromatic rings. The fourth-order valence-corrected chi connectivity index (χ4v) is 2.29. The van der Waals surface area contributed by atoms with E-state index in [-0.39, 0.29) is 0 Å². The van der Waals surface area contributed by atoms with Crippen LogP contribution in [0.1, 0.15) is 24.0 Å². The van der Waals surface area contributed by atoms with Crippen molar-refractivity contribution in [3.8, 4) is 5.75 Å². The minimum atomic E-state index is -0.767. The van der Waals surface area contributed by atoms with Crippen molar-refractivity contribution in [3.05, 3.63) is 28.3 Å². The lowest BCUT2D eigenvalue weighted by Gasteiger charge is -2.15. The number of carbonyl (C=O) groups is 1. The van der Waals surface area contributed by atoms with Gasteiger partial charge in [0.1, 0.15) is 5.75 Å². The zero-order chi connectivity index (χ0) is 11.9. The fourth-order valence-electron chi connectivity index (χ4n) is 2.05. The first-order chi connectivity index (χ1) is 7.51. The van der Waals surface area contributed by atoms with Crippen LogP contribution in [0.4, 0.5) is 0 Å². The van der Waals surface area contributed by atoms with Gasteiger partial charge in [0.25, 0.3) is 0 Å². The van der Waals surface area contributed by atoms with Gasteiger partial charge in [-0.25, -0.2) is 0 Å². The monoisotopic (exact) mass is 240 g/mol. The van der Waals surface area contributed by atoms with Crippen LogP contribution >= 0.6 is 11.6 Å². The molecule has 0 spiro atoms. The molecule has 0 aromatic heterocycles. The summed E-state index contributed by atoms with van der Waals surface area (Å²) in [6.07, 6.45) is 1.37. The predicted molar refractivity (Wildman–Crippen MR) is 61.3 cm³/mol. The van der Waals surface area contributed by atoms with Crippen LogP contribution in [0.2, 0.25) is 5.02 Å². The topological polar surface area (TPSA) is 46.5 Å². The zero-order valence-corrected chi connectivity index (χ0v) is 9.97. The average molecular weight is 241 g/mol. The summed E-state index contributed by atoms with van der Waals surface area (Å²) in [6, 6.07) is 3.51. The minimum absolute atomic E-state index is 0.468. The number of carboxylic acids is 1. The maximum atomic E-state index is 11.2. The molecule has 1 aliphatic rings. The molecule has 4 heteroatoms. The Morgan fingerprint density at radius 3 is 2.56 bits per heavy atom. The van der Waals surface area contributed by atoms with Crippen LogP contribution in [0.15, 0.2) is 12.1 Å². The van der Waals surface area contributed by atoms with E-state index in [4.69, 9.17) is 16.3 Å². The molecule has 0 bridgehead atoms. The first-order valence-electron chi connectivity index (χ1n) is 5.09. The molecule has 0 amide bonds. The molecule has 1 aromatic carbocycles. The minimum Gasteiger partial charge on any atom is -0.495 e. The van der Waals surface area contributed by atoms with Gasteiger partial charge in [0, 0.05) is 0 Å². The van der Waals surface area contributed by atoms with Gasteiger partial charge in [-0.3, -0.25) is 4.79 Å². The normalized spacial score (nSPS) is 16.9. The van der Waals surface area contributed by atoms with Crippen LogP contribution in [0.5, 0.6) is 5.75 Å². The lowest BCUT2D eigenvalue weighted by molar-refractivity contribution is -0.140. The molecule has 0 saturated heterocycles. The van der Waals surface area contributed by atoms with Crippen molar-refractivity contribution in [1.82, 2.24) is 0 Å². The number of methoxy groups -OCH3 is 1. The molecule has 0 unspecified atom stereocenters. The van der Waals surface area contributed by atoms with Crippen LogP contribution in [-0.2, 0) is 10.2 Å². The van der Waals surface area contributed by atoms with E-state index in [0.717, 1.165) is 11.1 Å². The SMILES string of the molecule is COc1cc(C)c(C2(C(=O)O)CC2)cc1Cl. The van der Waals surface area contributed by atoms with E-state index in [0.29, 0.717) is 23.6 Å². The van der Waals surface area contributed by atoms with Crippen molar-refractivity contribution >= 4 is 17.6 Å². The second-order valence-electron chi connectivity index (χ2n) is 4.19. The highest BCUT2D eigenvalue weighted by molar-refractivity contribution is 6.32. The molecule has 1 N–H and O–H groups in total. The highest BCUT2D eigenvalue weighted by Gasteiger charge is 2.52. The number of aliphatic carboxylic acids is 1. The van der Waals surface area contributed by atoms with E-state index in [1.54, 1.807) is 19.2 Å². The van der Waals surface area contributed by atoms with Gasteiger partial charge < -0.3 is 9.84 Å². The Kier molecular flexibility index (Phi) is 2.58. The number of benzene rings is 1. The van der Waals surface area contributed by atoms with Gasteiger partial charge in [-0.05, 0) is 43.0 Å². The lowest BCUT2D eigenvalue weighted by atomic mass is 9.92. The Morgan fingerprint density at radius 2 is 2.12 bits per heavy atom. The van der Waals surface area contributed by atoms with Crippen LogP contribution in [0.3, 0.4) is 0 Å². The van der Waals surface area contributed by atoms with Gasteiger partial charge >= 0.3 is 5.97 Å². The number of rotatable bonds is 3. The van der Waals surface area contributed by atoms with E-state index in [1.165, 1.54) is 0 Å². The third-order valence-electron chi connectivity index (χ3n) is 3.17. The Balaban J connectivity index is 2.51. The van der Waals surface area contributed by atoms with Gasteiger partial charge in [0.15, 0.2) is 0 Å². The lowest BCUT2D eigenvalue weighted by Crippen LogP contribution is -2.20. The fraction of sp³-hybridized carbons (Fsp3) is 0.417. The first kappa shape index (κ1) is 11.3. The van der Waals surface area contributed by atoms with Crippen LogP contribution in [0, 0.1) is 6.92 Å². The smallest absolute Gasteiger partial charge is 0.314 e. The Morgan fingerprint density at radius 1 is 1.50 bits per heavy atom. The average Bonchev–Trinajstić information content (AvgIpc) is 3.01. The second kappa shape index (κ2) is 3.67. The van der Waals surface area contributed by atoms with Crippen molar-refractivity contribution in [2.75, 3.05) is 7.11 Å². The third kappa shape index (κ3) is 1.55. The second-order valence-corrected chi connectivity index (χ2v) is 4.60. The Hall–Kier alpha value is -1.22. The number of ether oxygens (including phenoxy) is 1. The van der Waals surface area contributed by atoms with Crippen molar-refractivity contribution in [3.63, 3.8) is 0 Å². The largest absolute Gasteiger partial charge is 0.495 e. The molecule has 2 rings (SSSR count). The summed E-state index contributed by atoms with van der Waals surface area (Å²) in [5.74, 6) is -0.180. The summed E-state index contributed by atoms with van der Waals surface area (Å²) in [6.45, 7) is 1.89. The number of halogens is 1. The summed E-state index contributed by atoms with van der Waals surface area (Å²) in [5, 5.41) is 9.69. The molecule has 1 aliphatic carbocycles. The van der Waals surface area contributed by atoms with E-state index in [1.807, 2.05) is 6.92 Å². The van der Waals surface area contributed by atoms with Crippen molar-refractivity contribution < 1.29 is 14.6 Å². The summed E-state index contributed by atoms with van der Waals surface area (Å²) in [7, 11) is 1.55. The van der Waals surface area contributed by atoms with Gasteiger partial charge in [0.2, 0.25) is 0 Å². The predicted octanol–water partition coefficient (Wildman–Crippen LogP) is 2.77. The zero-order valence-electron chi connectivity index (χ0n) is 9.21. The highest BCUT2D eigenvalue weighted by atomic mass is 35.5. The molecule has 16 heavy (non-hydrogen) atoms. The quantitative estimate of drug-likeness (QED) is 0.884. The van der Waals surface area contributed by atoms with Crippen molar-refractivity contribution in [1.29, 1.82) is 0 Å². The molecule has 86 valence electrons. The number of aryl methyl sites for hydroxylation is 1. The summed E-state index contributed by atoms with van der Waals surface area (Å²) >= 11 is 6.02.